The van der Waals surface area contributed by atoms with Gasteiger partial charge in [-0.05, 0) is 36.4 Å². The van der Waals surface area contributed by atoms with Crippen LogP contribution in [0.4, 0.5) is 4.39 Å². The van der Waals surface area contributed by atoms with E-state index in [0.717, 1.165) is 0 Å². The summed E-state index contributed by atoms with van der Waals surface area (Å²) in [6, 6.07) is 10.4. The molecule has 0 saturated heterocycles. The third kappa shape index (κ3) is 3.58. The van der Waals surface area contributed by atoms with Gasteiger partial charge < -0.3 is 9.15 Å². The molecule has 0 amide bonds. The Balaban J connectivity index is 1.69. The Bertz CT molecular complexity index is 858. The first-order valence-electron chi connectivity index (χ1n) is 6.86. The van der Waals surface area contributed by atoms with E-state index in [1.54, 1.807) is 30.3 Å². The van der Waals surface area contributed by atoms with Crippen molar-refractivity contribution in [1.29, 1.82) is 0 Å². The van der Waals surface area contributed by atoms with Crippen LogP contribution in [0.3, 0.4) is 0 Å². The predicted octanol–water partition coefficient (Wildman–Crippen LogP) is 5.14. The van der Waals surface area contributed by atoms with E-state index in [1.807, 2.05) is 0 Å². The second-order valence-corrected chi connectivity index (χ2v) is 5.64. The lowest BCUT2D eigenvalue weighted by Crippen LogP contribution is -2.07. The standard InChI is InChI=1S/C17H10Cl2FNO3/c18-13-2-1-3-14(19)15(13)17(22)24-9-12-8-23-16(21-12)10-4-6-11(20)7-5-10/h1-8H,9H2. The summed E-state index contributed by atoms with van der Waals surface area (Å²) >= 11 is 11.9. The van der Waals surface area contributed by atoms with E-state index >= 15 is 0 Å². The fourth-order valence-electron chi connectivity index (χ4n) is 2.00. The van der Waals surface area contributed by atoms with E-state index in [-0.39, 0.29) is 28.0 Å². The molecule has 0 radical (unpaired) electrons. The number of oxazole rings is 1. The summed E-state index contributed by atoms with van der Waals surface area (Å²) < 4.78 is 23.4. The first-order valence-corrected chi connectivity index (χ1v) is 7.61. The van der Waals surface area contributed by atoms with Crippen molar-refractivity contribution in [2.45, 2.75) is 6.61 Å². The molecule has 122 valence electrons. The van der Waals surface area contributed by atoms with E-state index in [0.29, 0.717) is 17.1 Å². The molecule has 0 aliphatic rings. The fourth-order valence-corrected chi connectivity index (χ4v) is 2.55. The molecular weight excluding hydrogens is 356 g/mol. The average molecular weight is 366 g/mol. The molecule has 1 heterocycles. The van der Waals surface area contributed by atoms with Gasteiger partial charge in [0.1, 0.15) is 24.4 Å². The number of ether oxygens (including phenoxy) is 1. The average Bonchev–Trinajstić information content (AvgIpc) is 3.02. The van der Waals surface area contributed by atoms with E-state index in [4.69, 9.17) is 32.4 Å². The van der Waals surface area contributed by atoms with Gasteiger partial charge in [-0.1, -0.05) is 29.3 Å². The molecule has 0 aliphatic carbocycles. The zero-order chi connectivity index (χ0) is 17.1. The highest BCUT2D eigenvalue weighted by atomic mass is 35.5. The van der Waals surface area contributed by atoms with E-state index in [2.05, 4.69) is 4.98 Å². The Morgan fingerprint density at radius 2 is 1.79 bits per heavy atom. The molecule has 0 aliphatic heterocycles. The summed E-state index contributed by atoms with van der Waals surface area (Å²) in [5.74, 6) is -0.704. The molecule has 4 nitrogen and oxygen atoms in total. The molecule has 0 spiro atoms. The topological polar surface area (TPSA) is 52.3 Å². The predicted molar refractivity (Wildman–Crippen MR) is 87.5 cm³/mol. The van der Waals surface area contributed by atoms with Crippen molar-refractivity contribution in [2.75, 3.05) is 0 Å². The number of carbonyl (C=O) groups is 1. The van der Waals surface area contributed by atoms with Crippen molar-refractivity contribution < 1.29 is 18.3 Å². The lowest BCUT2D eigenvalue weighted by atomic mass is 10.2. The monoisotopic (exact) mass is 365 g/mol. The van der Waals surface area contributed by atoms with Crippen molar-refractivity contribution in [3.8, 4) is 11.5 Å². The molecular formula is C17H10Cl2FNO3. The zero-order valence-electron chi connectivity index (χ0n) is 12.1. The van der Waals surface area contributed by atoms with Crippen LogP contribution in [0.1, 0.15) is 16.1 Å². The number of carbonyl (C=O) groups excluding carboxylic acids is 1. The number of hydrogen-bond donors (Lipinski definition) is 0. The van der Waals surface area contributed by atoms with Gasteiger partial charge in [0.15, 0.2) is 0 Å². The van der Waals surface area contributed by atoms with E-state index in [1.165, 1.54) is 18.4 Å². The highest BCUT2D eigenvalue weighted by Crippen LogP contribution is 2.25. The molecule has 0 atom stereocenters. The SMILES string of the molecule is O=C(OCc1coc(-c2ccc(F)cc2)n1)c1c(Cl)cccc1Cl. The maximum atomic E-state index is 12.9. The number of esters is 1. The normalized spacial score (nSPS) is 10.6. The van der Waals surface area contributed by atoms with Crippen LogP contribution in [-0.4, -0.2) is 11.0 Å². The molecule has 0 saturated carbocycles. The molecule has 0 unspecified atom stereocenters. The van der Waals surface area contributed by atoms with Crippen LogP contribution in [0.2, 0.25) is 10.0 Å². The number of hydrogen-bond acceptors (Lipinski definition) is 4. The molecule has 0 N–H and O–H groups in total. The van der Waals surface area contributed by atoms with Gasteiger partial charge in [0.05, 0.1) is 15.6 Å². The Morgan fingerprint density at radius 3 is 2.46 bits per heavy atom. The Labute approximate surface area is 146 Å². The molecule has 0 bridgehead atoms. The van der Waals surface area contributed by atoms with E-state index < -0.39 is 5.97 Å². The summed E-state index contributed by atoms with van der Waals surface area (Å²) in [6.07, 6.45) is 1.36. The number of rotatable bonds is 4. The van der Waals surface area contributed by atoms with Crippen LogP contribution < -0.4 is 0 Å². The zero-order valence-corrected chi connectivity index (χ0v) is 13.6. The van der Waals surface area contributed by atoms with Gasteiger partial charge in [0.2, 0.25) is 5.89 Å². The smallest absolute Gasteiger partial charge is 0.341 e. The third-order valence-electron chi connectivity index (χ3n) is 3.16. The minimum atomic E-state index is -0.656. The van der Waals surface area contributed by atoms with E-state index in [9.17, 15) is 9.18 Å². The van der Waals surface area contributed by atoms with Crippen LogP contribution in [0.15, 0.2) is 53.1 Å². The summed E-state index contributed by atoms with van der Waals surface area (Å²) in [5.41, 5.74) is 1.12. The summed E-state index contributed by atoms with van der Waals surface area (Å²) in [6.45, 7) is -0.106. The lowest BCUT2D eigenvalue weighted by Gasteiger charge is -2.06. The number of halogens is 3. The second-order valence-electron chi connectivity index (χ2n) is 4.82. The van der Waals surface area contributed by atoms with Gasteiger partial charge in [-0.25, -0.2) is 14.2 Å². The number of nitrogens with zero attached hydrogens (tertiary/aromatic N) is 1. The van der Waals surface area contributed by atoms with Crippen molar-refractivity contribution >= 4 is 29.2 Å². The maximum absolute atomic E-state index is 12.9. The summed E-state index contributed by atoms with van der Waals surface area (Å²) in [4.78, 5) is 16.3. The van der Waals surface area contributed by atoms with Gasteiger partial charge in [-0.15, -0.1) is 0 Å². The summed E-state index contributed by atoms with van der Waals surface area (Å²) in [5, 5.41) is 0.416. The minimum absolute atomic E-state index is 0.100. The van der Waals surface area contributed by atoms with Crippen LogP contribution in [0, 0.1) is 5.82 Å². The highest BCUT2D eigenvalue weighted by molar-refractivity contribution is 6.39. The Morgan fingerprint density at radius 1 is 1.12 bits per heavy atom. The molecule has 7 heteroatoms. The van der Waals surface area contributed by atoms with Crippen LogP contribution in [-0.2, 0) is 11.3 Å². The lowest BCUT2D eigenvalue weighted by molar-refractivity contribution is 0.0468. The maximum Gasteiger partial charge on any atom is 0.341 e. The highest BCUT2D eigenvalue weighted by Gasteiger charge is 2.17. The molecule has 2 aromatic carbocycles. The Hall–Kier alpha value is -2.37. The number of benzene rings is 2. The fraction of sp³-hybridized carbons (Fsp3) is 0.0588. The number of aromatic nitrogens is 1. The van der Waals surface area contributed by atoms with Crippen LogP contribution >= 0.6 is 23.2 Å². The van der Waals surface area contributed by atoms with Gasteiger partial charge in [0.25, 0.3) is 0 Å². The third-order valence-corrected chi connectivity index (χ3v) is 3.79. The van der Waals surface area contributed by atoms with Crippen molar-refractivity contribution in [1.82, 2.24) is 4.98 Å². The van der Waals surface area contributed by atoms with Crippen LogP contribution in [0.25, 0.3) is 11.5 Å². The van der Waals surface area contributed by atoms with Gasteiger partial charge in [-0.2, -0.15) is 0 Å². The molecule has 0 fully saturated rings. The summed E-state index contributed by atoms with van der Waals surface area (Å²) in [7, 11) is 0. The van der Waals surface area contributed by atoms with Crippen molar-refractivity contribution in [3.63, 3.8) is 0 Å². The van der Waals surface area contributed by atoms with Crippen molar-refractivity contribution in [2.24, 2.45) is 0 Å². The second kappa shape index (κ2) is 7.03. The van der Waals surface area contributed by atoms with Gasteiger partial charge in [-0.3, -0.25) is 0 Å². The molecule has 3 aromatic rings. The minimum Gasteiger partial charge on any atom is -0.455 e. The molecule has 1 aromatic heterocycles. The first kappa shape index (κ1) is 16.5. The van der Waals surface area contributed by atoms with Crippen molar-refractivity contribution in [3.05, 3.63) is 75.8 Å². The van der Waals surface area contributed by atoms with Gasteiger partial charge in [0, 0.05) is 5.56 Å². The Kier molecular flexibility index (Phi) is 4.83. The molecule has 24 heavy (non-hydrogen) atoms. The molecule has 3 rings (SSSR count). The largest absolute Gasteiger partial charge is 0.455 e. The van der Waals surface area contributed by atoms with Crippen LogP contribution in [0.5, 0.6) is 0 Å². The quantitative estimate of drug-likeness (QED) is 0.600. The first-order chi connectivity index (χ1) is 11.5. The van der Waals surface area contributed by atoms with Gasteiger partial charge >= 0.3 is 5.97 Å².